The van der Waals surface area contributed by atoms with Crippen LogP contribution in [0, 0.1) is 0 Å². The summed E-state index contributed by atoms with van der Waals surface area (Å²) in [5.41, 5.74) is 3.15. The van der Waals surface area contributed by atoms with Gasteiger partial charge in [0, 0.05) is 5.56 Å². The molecule has 0 bridgehead atoms. The molecule has 0 unspecified atom stereocenters. The first-order chi connectivity index (χ1) is 17.5. The molecule has 1 saturated heterocycles. The van der Waals surface area contributed by atoms with Gasteiger partial charge in [0.05, 0.1) is 0 Å². The Morgan fingerprint density at radius 3 is 2.44 bits per heavy atom. The number of halogens is 1. The van der Waals surface area contributed by atoms with Crippen molar-refractivity contribution in [1.29, 1.82) is 0 Å². The number of carbonyl (C=O) groups excluding carboxylic acids is 1. The van der Waals surface area contributed by atoms with Crippen molar-refractivity contribution in [2.45, 2.75) is 25.7 Å². The maximum absolute atomic E-state index is 12.8. The van der Waals surface area contributed by atoms with Crippen molar-refractivity contribution >= 4 is 43.9 Å². The number of hydrogen-bond donors (Lipinski definition) is 2. The van der Waals surface area contributed by atoms with Crippen molar-refractivity contribution in [3.8, 4) is 0 Å². The summed E-state index contributed by atoms with van der Waals surface area (Å²) < 4.78 is 0.370. The molecule has 2 heterocycles. The van der Waals surface area contributed by atoms with Gasteiger partial charge in [-0.25, -0.2) is 0 Å². The predicted octanol–water partition coefficient (Wildman–Crippen LogP) is 5.32. The van der Waals surface area contributed by atoms with Gasteiger partial charge in [0.25, 0.3) is 5.91 Å². The Morgan fingerprint density at radius 2 is 1.72 bits per heavy atom. The van der Waals surface area contributed by atoms with E-state index in [0.29, 0.717) is 33.5 Å². The summed E-state index contributed by atoms with van der Waals surface area (Å²) >= 11 is 7.58. The first-order valence-electron chi connectivity index (χ1n) is 11.9. The maximum atomic E-state index is 12.8. The molecule has 1 aliphatic rings. The number of fused-ring (bicyclic) bond motifs is 1. The molecular weight excluding hydrogens is 644 g/mol. The summed E-state index contributed by atoms with van der Waals surface area (Å²) in [6.45, 7) is 1.87. The molecule has 36 heavy (non-hydrogen) atoms. The van der Waals surface area contributed by atoms with Gasteiger partial charge >= 0.3 is 157 Å². The minimum atomic E-state index is -0.146. The number of benzene rings is 3. The number of aliphatic hydroxyl groups is 1. The zero-order chi connectivity index (χ0) is 25.1. The quantitative estimate of drug-likeness (QED) is 0.261. The van der Waals surface area contributed by atoms with Crippen LogP contribution in [0.4, 0.5) is 11.5 Å². The third-order valence-electron chi connectivity index (χ3n) is 6.30. The summed E-state index contributed by atoms with van der Waals surface area (Å²) in [5.74, 6) is 1.32. The van der Waals surface area contributed by atoms with Gasteiger partial charge in [0.15, 0.2) is 0 Å². The van der Waals surface area contributed by atoms with Crippen LogP contribution in [0.1, 0.15) is 40.2 Å². The summed E-state index contributed by atoms with van der Waals surface area (Å²) in [7, 11) is 0. The fourth-order valence-corrected chi connectivity index (χ4v) is 5.25. The number of anilines is 2. The summed E-state index contributed by atoms with van der Waals surface area (Å²) in [5, 5.41) is 15.4. The monoisotopic (exact) mass is 668 g/mol. The van der Waals surface area contributed by atoms with Gasteiger partial charge in [0.2, 0.25) is 0 Å². The van der Waals surface area contributed by atoms with E-state index in [1.807, 2.05) is 66.7 Å². The molecule has 5 rings (SSSR count). The van der Waals surface area contributed by atoms with Crippen molar-refractivity contribution in [2.75, 3.05) is 23.3 Å². The largest absolute Gasteiger partial charge is 0.0616 e. The van der Waals surface area contributed by atoms with Crippen molar-refractivity contribution in [3.63, 3.8) is 0 Å². The average Bonchev–Trinajstić information content (AvgIpc) is 3.41. The minimum Gasteiger partial charge on any atom is -0.0616 e. The summed E-state index contributed by atoms with van der Waals surface area (Å²) in [6, 6.07) is 21.4. The zero-order valence-corrected chi connectivity index (χ0v) is 23.3. The van der Waals surface area contributed by atoms with Crippen LogP contribution >= 0.6 is 11.6 Å². The van der Waals surface area contributed by atoms with E-state index in [1.54, 1.807) is 0 Å². The molecule has 0 radical (unpaired) electrons. The number of hydrogen-bond acceptors (Lipinski definition) is 5. The molecule has 8 heteroatoms. The Kier molecular flexibility index (Phi) is 7.56. The molecule has 1 aromatic heterocycles. The van der Waals surface area contributed by atoms with Crippen LogP contribution in [0.5, 0.6) is 0 Å². The van der Waals surface area contributed by atoms with Gasteiger partial charge < -0.3 is 0 Å². The Bertz CT molecular complexity index is 1440. The van der Waals surface area contributed by atoms with Gasteiger partial charge in [-0.3, -0.25) is 4.79 Å². The molecule has 182 valence electrons. The van der Waals surface area contributed by atoms with E-state index in [2.05, 4.69) is 15.2 Å². The molecule has 0 aliphatic carbocycles. The average molecular weight is 669 g/mol. The molecule has 6 nitrogen and oxygen atoms in total. The van der Waals surface area contributed by atoms with Gasteiger partial charge in [0.1, 0.15) is 0 Å². The van der Waals surface area contributed by atoms with Gasteiger partial charge in [-0.1, -0.05) is 30.3 Å². The molecule has 2 N–H and O–H groups in total. The number of aliphatic hydroxyl groups excluding tert-OH is 1. The van der Waals surface area contributed by atoms with E-state index in [1.165, 1.54) is 0 Å². The smallest absolute Gasteiger partial charge is 0.0403 e. The van der Waals surface area contributed by atoms with E-state index in [9.17, 15) is 9.90 Å². The minimum absolute atomic E-state index is 0.146. The predicted molar refractivity (Wildman–Crippen MR) is 140 cm³/mol. The Balaban J connectivity index is 1.31. The third-order valence-corrected chi connectivity index (χ3v) is 7.13. The third kappa shape index (κ3) is 5.73. The van der Waals surface area contributed by atoms with Gasteiger partial charge in [-0.15, -0.1) is 0 Å². The van der Waals surface area contributed by atoms with E-state index in [0.717, 1.165) is 78.7 Å². The molecule has 1 amide bonds. The second-order valence-corrected chi connectivity index (χ2v) is 10.9. The zero-order valence-electron chi connectivity index (χ0n) is 19.6. The number of rotatable bonds is 7. The molecule has 4 aromatic rings. The first-order valence-corrected chi connectivity index (χ1v) is 13.7. The SMILES string of the molecule is O=C(Nc1ccc(Cc2nc(Cl)c(C[C](O)=[W])c(N3CCCC3)n2)cc1)c1ccc2ccccc2c1. The Hall–Kier alpha value is -2.92. The number of nitrogens with zero attached hydrogens (tertiary/aromatic N) is 3. The number of aromatic nitrogens is 2. The van der Waals surface area contributed by atoms with Crippen molar-refractivity contribution < 1.29 is 29.3 Å². The fourth-order valence-electron chi connectivity index (χ4n) is 4.48. The van der Waals surface area contributed by atoms with Crippen LogP contribution in [0.2, 0.25) is 5.15 Å². The van der Waals surface area contributed by atoms with Crippen molar-refractivity contribution in [3.05, 3.63) is 94.4 Å². The normalized spacial score (nSPS) is 13.2. The van der Waals surface area contributed by atoms with E-state index in [4.69, 9.17) is 16.6 Å². The molecule has 0 saturated carbocycles. The Labute approximate surface area is 225 Å². The molecule has 1 fully saturated rings. The summed E-state index contributed by atoms with van der Waals surface area (Å²) in [6.07, 6.45) is 3.14. The number of carbonyl (C=O) groups is 1. The van der Waals surface area contributed by atoms with Gasteiger partial charge in [-0.05, 0) is 22.9 Å². The maximum Gasteiger partial charge on any atom is 0.0403 e. The topological polar surface area (TPSA) is 78.3 Å². The summed E-state index contributed by atoms with van der Waals surface area (Å²) in [4.78, 5) is 24.4. The van der Waals surface area contributed by atoms with E-state index in [-0.39, 0.29) is 5.91 Å². The van der Waals surface area contributed by atoms with Crippen LogP contribution < -0.4 is 10.2 Å². The van der Waals surface area contributed by atoms with Crippen LogP contribution in [-0.4, -0.2) is 38.2 Å². The van der Waals surface area contributed by atoms with Crippen LogP contribution in [-0.2, 0) is 32.2 Å². The molecule has 1 aliphatic heterocycles. The molecule has 3 aromatic carbocycles. The molecular formula is C28H25ClN4O2W. The second-order valence-electron chi connectivity index (χ2n) is 8.89. The van der Waals surface area contributed by atoms with Crippen LogP contribution in [0.3, 0.4) is 0 Å². The van der Waals surface area contributed by atoms with Crippen LogP contribution in [0.25, 0.3) is 10.8 Å². The fraction of sp³-hybridized carbons (Fsp3) is 0.214. The standard InChI is InChI=1S/C28H25ClN4O2.W/c29-26-24(13-16-34)27(33-14-3-4-15-33)32-25(31-26)17-19-7-11-23(12-8-19)30-28(35)22-10-9-20-5-1-2-6-21(20)18-22;/h1-2,5-12,18,34H,3-4,13-15,17H2,(H,30,35);. The number of nitrogens with one attached hydrogen (secondary N) is 1. The van der Waals surface area contributed by atoms with E-state index >= 15 is 0 Å². The van der Waals surface area contributed by atoms with Crippen LogP contribution in [0.15, 0.2) is 66.7 Å². The first kappa shape index (κ1) is 24.8. The molecule has 0 spiro atoms. The van der Waals surface area contributed by atoms with Crippen molar-refractivity contribution in [2.24, 2.45) is 0 Å². The number of amides is 1. The van der Waals surface area contributed by atoms with Crippen molar-refractivity contribution in [1.82, 2.24) is 9.97 Å². The van der Waals surface area contributed by atoms with E-state index < -0.39 is 0 Å². The Morgan fingerprint density at radius 1 is 1.00 bits per heavy atom. The van der Waals surface area contributed by atoms with Gasteiger partial charge in [-0.2, -0.15) is 0 Å². The molecule has 0 atom stereocenters. The second kappa shape index (κ2) is 11.0.